The summed E-state index contributed by atoms with van der Waals surface area (Å²) < 4.78 is 0. The van der Waals surface area contributed by atoms with Crippen molar-refractivity contribution < 1.29 is 14.7 Å². The van der Waals surface area contributed by atoms with Crippen LogP contribution in [0.25, 0.3) is 0 Å². The second-order valence-corrected chi connectivity index (χ2v) is 3.91. The first-order valence-corrected chi connectivity index (χ1v) is 5.73. The van der Waals surface area contributed by atoms with Crippen molar-refractivity contribution >= 4 is 11.9 Å². The summed E-state index contributed by atoms with van der Waals surface area (Å²) in [4.78, 5) is 23.4. The highest BCUT2D eigenvalue weighted by Crippen LogP contribution is 2.03. The number of carbonyl (C=O) groups is 2. The number of carboxylic acid groups (broad SMARTS) is 1. The minimum atomic E-state index is -0.816. The van der Waals surface area contributed by atoms with Gasteiger partial charge in [-0.25, -0.2) is 0 Å². The van der Waals surface area contributed by atoms with Gasteiger partial charge >= 0.3 is 5.97 Å². The van der Waals surface area contributed by atoms with E-state index in [9.17, 15) is 9.59 Å². The van der Waals surface area contributed by atoms with Crippen molar-refractivity contribution in [3.05, 3.63) is 0 Å². The molecule has 0 rings (SSSR count). The minimum absolute atomic E-state index is 0.0856. The summed E-state index contributed by atoms with van der Waals surface area (Å²) in [5.74, 6) is -0.730. The van der Waals surface area contributed by atoms with E-state index in [1.165, 1.54) is 0 Å². The fourth-order valence-electron chi connectivity index (χ4n) is 1.38. The van der Waals surface area contributed by atoms with Gasteiger partial charge in [-0.3, -0.25) is 9.59 Å². The van der Waals surface area contributed by atoms with Crippen LogP contribution in [0.3, 0.4) is 0 Å². The maximum Gasteiger partial charge on any atom is 0.303 e. The zero-order valence-electron chi connectivity index (χ0n) is 9.95. The number of carbonyl (C=O) groups excluding carboxylic acids is 1. The smallest absolute Gasteiger partial charge is 0.303 e. The highest BCUT2D eigenvalue weighted by molar-refractivity contribution is 5.75. The quantitative estimate of drug-likeness (QED) is 0.575. The molecule has 5 nitrogen and oxygen atoms in total. The maximum atomic E-state index is 11.5. The molecule has 16 heavy (non-hydrogen) atoms. The van der Waals surface area contributed by atoms with Crippen LogP contribution >= 0.6 is 0 Å². The SMILES string of the molecule is CN(CCCC(=O)O)C(=O)CCCCCN. The molecule has 94 valence electrons. The molecule has 0 saturated heterocycles. The zero-order chi connectivity index (χ0) is 12.4. The van der Waals surface area contributed by atoms with Gasteiger partial charge in [0, 0.05) is 26.4 Å². The third-order valence-electron chi connectivity index (χ3n) is 2.40. The van der Waals surface area contributed by atoms with Crippen LogP contribution in [0.4, 0.5) is 0 Å². The molecule has 0 aromatic carbocycles. The van der Waals surface area contributed by atoms with Crippen LogP contribution in [0.1, 0.15) is 38.5 Å². The van der Waals surface area contributed by atoms with Gasteiger partial charge in [0.2, 0.25) is 5.91 Å². The molecule has 0 saturated carbocycles. The Balaban J connectivity index is 3.53. The van der Waals surface area contributed by atoms with Crippen molar-refractivity contribution in [1.82, 2.24) is 4.90 Å². The lowest BCUT2D eigenvalue weighted by Crippen LogP contribution is -2.27. The molecule has 0 aliphatic heterocycles. The van der Waals surface area contributed by atoms with Crippen molar-refractivity contribution in [3.63, 3.8) is 0 Å². The van der Waals surface area contributed by atoms with E-state index in [2.05, 4.69) is 0 Å². The van der Waals surface area contributed by atoms with Gasteiger partial charge in [0.05, 0.1) is 0 Å². The van der Waals surface area contributed by atoms with E-state index in [0.29, 0.717) is 25.9 Å². The highest BCUT2D eigenvalue weighted by Gasteiger charge is 2.08. The predicted octanol–water partition coefficient (Wildman–Crippen LogP) is 0.829. The fourth-order valence-corrected chi connectivity index (χ4v) is 1.38. The third-order valence-corrected chi connectivity index (χ3v) is 2.40. The molecule has 0 aliphatic rings. The van der Waals surface area contributed by atoms with E-state index in [4.69, 9.17) is 10.8 Å². The number of nitrogens with two attached hydrogens (primary N) is 1. The van der Waals surface area contributed by atoms with Gasteiger partial charge in [0.15, 0.2) is 0 Å². The molecule has 0 heterocycles. The summed E-state index contributed by atoms with van der Waals surface area (Å²) in [5.41, 5.74) is 5.35. The lowest BCUT2D eigenvalue weighted by molar-refractivity contribution is -0.138. The third kappa shape index (κ3) is 8.23. The highest BCUT2D eigenvalue weighted by atomic mass is 16.4. The molecule has 0 aliphatic carbocycles. The van der Waals surface area contributed by atoms with E-state index in [0.717, 1.165) is 19.3 Å². The van der Waals surface area contributed by atoms with Crippen LogP contribution in [0.2, 0.25) is 0 Å². The second-order valence-electron chi connectivity index (χ2n) is 3.91. The standard InChI is InChI=1S/C11H22N2O3/c1-13(9-5-7-11(15)16)10(14)6-3-2-4-8-12/h2-9,12H2,1H3,(H,15,16). The van der Waals surface area contributed by atoms with E-state index >= 15 is 0 Å². The number of nitrogens with zero attached hydrogens (tertiary/aromatic N) is 1. The van der Waals surface area contributed by atoms with Gasteiger partial charge in [-0.15, -0.1) is 0 Å². The molecule has 1 amide bonds. The van der Waals surface area contributed by atoms with Crippen LogP contribution in [0.15, 0.2) is 0 Å². The van der Waals surface area contributed by atoms with E-state index in [1.54, 1.807) is 11.9 Å². The Hall–Kier alpha value is -1.10. The number of aliphatic carboxylic acids is 1. The van der Waals surface area contributed by atoms with Gasteiger partial charge in [0.25, 0.3) is 0 Å². The van der Waals surface area contributed by atoms with Crippen LogP contribution < -0.4 is 5.73 Å². The first-order valence-electron chi connectivity index (χ1n) is 5.73. The number of unbranched alkanes of at least 4 members (excludes halogenated alkanes) is 2. The minimum Gasteiger partial charge on any atom is -0.481 e. The topological polar surface area (TPSA) is 83.6 Å². The van der Waals surface area contributed by atoms with Gasteiger partial charge in [-0.05, 0) is 25.8 Å². The van der Waals surface area contributed by atoms with Crippen molar-refractivity contribution in [1.29, 1.82) is 0 Å². The average Bonchev–Trinajstić information content (AvgIpc) is 2.23. The van der Waals surface area contributed by atoms with Crippen molar-refractivity contribution in [2.24, 2.45) is 5.73 Å². The summed E-state index contributed by atoms with van der Waals surface area (Å²) >= 11 is 0. The molecular formula is C11H22N2O3. The second kappa shape index (κ2) is 9.15. The number of hydrogen-bond acceptors (Lipinski definition) is 3. The number of amides is 1. The number of hydrogen-bond donors (Lipinski definition) is 2. The first kappa shape index (κ1) is 14.9. The molecular weight excluding hydrogens is 208 g/mol. The lowest BCUT2D eigenvalue weighted by atomic mass is 10.2. The van der Waals surface area contributed by atoms with Crippen LogP contribution in [0, 0.1) is 0 Å². The van der Waals surface area contributed by atoms with Crippen molar-refractivity contribution in [3.8, 4) is 0 Å². The Morgan fingerprint density at radius 2 is 1.81 bits per heavy atom. The number of rotatable bonds is 9. The average molecular weight is 230 g/mol. The first-order chi connectivity index (χ1) is 7.57. The van der Waals surface area contributed by atoms with E-state index in [-0.39, 0.29) is 12.3 Å². The molecule has 0 unspecified atom stereocenters. The van der Waals surface area contributed by atoms with Gasteiger partial charge in [-0.2, -0.15) is 0 Å². The monoisotopic (exact) mass is 230 g/mol. The zero-order valence-corrected chi connectivity index (χ0v) is 9.95. The van der Waals surface area contributed by atoms with E-state index < -0.39 is 5.97 Å². The summed E-state index contributed by atoms with van der Waals surface area (Å²) in [7, 11) is 1.72. The molecule has 0 radical (unpaired) electrons. The van der Waals surface area contributed by atoms with Crippen molar-refractivity contribution in [2.45, 2.75) is 38.5 Å². The van der Waals surface area contributed by atoms with Gasteiger partial charge in [0.1, 0.15) is 0 Å². The molecule has 0 fully saturated rings. The Kier molecular flexibility index (Phi) is 8.52. The van der Waals surface area contributed by atoms with Crippen LogP contribution in [-0.4, -0.2) is 42.0 Å². The molecule has 3 N–H and O–H groups in total. The number of carboxylic acids is 1. The Morgan fingerprint density at radius 3 is 2.38 bits per heavy atom. The predicted molar refractivity (Wildman–Crippen MR) is 62.0 cm³/mol. The molecule has 5 heteroatoms. The molecule has 0 spiro atoms. The molecule has 0 aromatic rings. The summed E-state index contributed by atoms with van der Waals surface area (Å²) in [5, 5.41) is 8.45. The van der Waals surface area contributed by atoms with Gasteiger partial charge < -0.3 is 15.7 Å². The Morgan fingerprint density at radius 1 is 1.12 bits per heavy atom. The fraction of sp³-hybridized carbons (Fsp3) is 0.818. The molecule has 0 atom stereocenters. The van der Waals surface area contributed by atoms with Crippen molar-refractivity contribution in [2.75, 3.05) is 20.1 Å². The summed E-state index contributed by atoms with van der Waals surface area (Å²) in [6, 6.07) is 0. The molecule has 0 bridgehead atoms. The van der Waals surface area contributed by atoms with E-state index in [1.807, 2.05) is 0 Å². The van der Waals surface area contributed by atoms with Gasteiger partial charge in [-0.1, -0.05) is 6.42 Å². The normalized spacial score (nSPS) is 10.1. The largest absolute Gasteiger partial charge is 0.481 e. The summed E-state index contributed by atoms with van der Waals surface area (Å²) in [6.07, 6.45) is 3.95. The lowest BCUT2D eigenvalue weighted by Gasteiger charge is -2.16. The Bertz CT molecular complexity index is 219. The molecule has 0 aromatic heterocycles. The maximum absolute atomic E-state index is 11.5. The summed E-state index contributed by atoms with van der Waals surface area (Å²) in [6.45, 7) is 1.19. The Labute approximate surface area is 96.6 Å². The van der Waals surface area contributed by atoms with Crippen LogP contribution in [-0.2, 0) is 9.59 Å². The van der Waals surface area contributed by atoms with Crippen LogP contribution in [0.5, 0.6) is 0 Å².